The molecule has 4 nitrogen and oxygen atoms in total. The summed E-state index contributed by atoms with van der Waals surface area (Å²) >= 11 is 0. The van der Waals surface area contributed by atoms with Crippen LogP contribution in [0.25, 0.3) is 16.6 Å². The van der Waals surface area contributed by atoms with Gasteiger partial charge in [-0.15, -0.1) is 0 Å². The molecule has 5 heteroatoms. The van der Waals surface area contributed by atoms with E-state index in [9.17, 15) is 9.18 Å². The molecule has 1 aliphatic carbocycles. The summed E-state index contributed by atoms with van der Waals surface area (Å²) in [5.41, 5.74) is 5.00. The first-order valence-electron chi connectivity index (χ1n) is 9.88. The molecule has 29 heavy (non-hydrogen) atoms. The molecule has 4 aromatic rings. The second-order valence-electron chi connectivity index (χ2n) is 7.54. The van der Waals surface area contributed by atoms with Crippen molar-refractivity contribution in [3.63, 3.8) is 0 Å². The smallest absolute Gasteiger partial charge is 0.140 e. The minimum atomic E-state index is -0.269. The Kier molecular flexibility index (Phi) is 4.43. The van der Waals surface area contributed by atoms with Crippen LogP contribution in [0.15, 0.2) is 67.0 Å². The summed E-state index contributed by atoms with van der Waals surface area (Å²) in [5, 5.41) is 5.50. The Morgan fingerprint density at radius 3 is 2.72 bits per heavy atom. The van der Waals surface area contributed by atoms with Gasteiger partial charge in [0.1, 0.15) is 11.6 Å². The summed E-state index contributed by atoms with van der Waals surface area (Å²) in [5.74, 6) is -0.171. The number of halogens is 1. The number of ketones is 1. The number of benzene rings is 2. The molecule has 1 atom stereocenters. The van der Waals surface area contributed by atoms with Gasteiger partial charge in [0.15, 0.2) is 0 Å². The third kappa shape index (κ3) is 3.33. The molecule has 0 aliphatic heterocycles. The average molecular weight is 385 g/mol. The second-order valence-corrected chi connectivity index (χ2v) is 7.54. The standard InChI is InChI=1S/C24H20FN3O/c25-18-7-9-20(10-8-18)28-23-13-16-4-3-6-24(29)22(14-19-5-1-2-11-26-19)21(16)12-17(23)15-27-28/h1-2,5,7-13,15,22H,3-4,6,14H2. The molecule has 5 rings (SSSR count). The van der Waals surface area contributed by atoms with Crippen LogP contribution < -0.4 is 0 Å². The van der Waals surface area contributed by atoms with E-state index in [1.54, 1.807) is 18.3 Å². The van der Waals surface area contributed by atoms with E-state index in [0.717, 1.165) is 40.7 Å². The molecular formula is C24H20FN3O. The number of rotatable bonds is 3. The SMILES string of the molecule is O=C1CCCc2cc3c(cnn3-c3ccc(F)cc3)cc2C1Cc1ccccn1. The number of Topliss-reactive ketones (excluding diaryl/α,β-unsaturated/α-hetero) is 1. The van der Waals surface area contributed by atoms with Gasteiger partial charge in [0.25, 0.3) is 0 Å². The summed E-state index contributed by atoms with van der Waals surface area (Å²) in [6, 6.07) is 16.4. The molecule has 0 radical (unpaired) electrons. The van der Waals surface area contributed by atoms with Crippen molar-refractivity contribution in [1.29, 1.82) is 0 Å². The molecule has 1 aliphatic rings. The van der Waals surface area contributed by atoms with Crippen molar-refractivity contribution in [2.75, 3.05) is 0 Å². The molecule has 0 spiro atoms. The van der Waals surface area contributed by atoms with Crippen molar-refractivity contribution >= 4 is 16.7 Å². The number of pyridine rings is 1. The van der Waals surface area contributed by atoms with Crippen LogP contribution in [-0.2, 0) is 17.6 Å². The van der Waals surface area contributed by atoms with Crippen LogP contribution >= 0.6 is 0 Å². The van der Waals surface area contributed by atoms with Crippen LogP contribution in [-0.4, -0.2) is 20.5 Å². The van der Waals surface area contributed by atoms with Crippen LogP contribution in [0, 0.1) is 5.82 Å². The topological polar surface area (TPSA) is 47.8 Å². The Morgan fingerprint density at radius 1 is 1.07 bits per heavy atom. The van der Waals surface area contributed by atoms with Crippen LogP contribution in [0.3, 0.4) is 0 Å². The van der Waals surface area contributed by atoms with Crippen LogP contribution in [0.2, 0.25) is 0 Å². The lowest BCUT2D eigenvalue weighted by molar-refractivity contribution is -0.120. The van der Waals surface area contributed by atoms with Gasteiger partial charge < -0.3 is 0 Å². The fourth-order valence-corrected chi connectivity index (χ4v) is 4.22. The van der Waals surface area contributed by atoms with Crippen molar-refractivity contribution in [3.8, 4) is 5.69 Å². The zero-order valence-corrected chi connectivity index (χ0v) is 15.9. The second kappa shape index (κ2) is 7.24. The number of hydrogen-bond donors (Lipinski definition) is 0. The first-order chi connectivity index (χ1) is 14.2. The number of fused-ring (bicyclic) bond motifs is 2. The third-order valence-electron chi connectivity index (χ3n) is 5.67. The van der Waals surface area contributed by atoms with E-state index in [0.29, 0.717) is 12.8 Å². The van der Waals surface area contributed by atoms with Crippen molar-refractivity contribution in [2.45, 2.75) is 31.6 Å². The van der Waals surface area contributed by atoms with E-state index >= 15 is 0 Å². The van der Waals surface area contributed by atoms with Crippen LogP contribution in [0.5, 0.6) is 0 Å². The van der Waals surface area contributed by atoms with Gasteiger partial charge in [0.05, 0.1) is 17.4 Å². The molecule has 2 aromatic heterocycles. The van der Waals surface area contributed by atoms with E-state index in [1.807, 2.05) is 29.1 Å². The minimum Gasteiger partial charge on any atom is -0.299 e. The third-order valence-corrected chi connectivity index (χ3v) is 5.67. The molecule has 144 valence electrons. The fraction of sp³-hybridized carbons (Fsp3) is 0.208. The highest BCUT2D eigenvalue weighted by Gasteiger charge is 2.27. The number of carbonyl (C=O) groups is 1. The highest BCUT2D eigenvalue weighted by molar-refractivity contribution is 5.90. The largest absolute Gasteiger partial charge is 0.299 e. The summed E-state index contributed by atoms with van der Waals surface area (Å²) in [7, 11) is 0. The van der Waals surface area contributed by atoms with Crippen LogP contribution in [0.4, 0.5) is 4.39 Å². The van der Waals surface area contributed by atoms with Gasteiger partial charge in [-0.2, -0.15) is 5.10 Å². The lowest BCUT2D eigenvalue weighted by atomic mass is 9.87. The molecule has 0 N–H and O–H groups in total. The summed E-state index contributed by atoms with van der Waals surface area (Å²) in [6.07, 6.45) is 6.50. The van der Waals surface area contributed by atoms with Crippen molar-refractivity contribution in [1.82, 2.24) is 14.8 Å². The number of aryl methyl sites for hydroxylation is 1. The maximum absolute atomic E-state index is 13.3. The van der Waals surface area contributed by atoms with Gasteiger partial charge in [-0.25, -0.2) is 9.07 Å². The molecule has 0 fully saturated rings. The van der Waals surface area contributed by atoms with Gasteiger partial charge in [0.2, 0.25) is 0 Å². The minimum absolute atomic E-state index is 0.180. The molecule has 0 saturated heterocycles. The predicted octanol–water partition coefficient (Wildman–Crippen LogP) is 4.79. The predicted molar refractivity (Wildman–Crippen MR) is 110 cm³/mol. The number of aromatic nitrogens is 3. The van der Waals surface area contributed by atoms with E-state index in [2.05, 4.69) is 22.2 Å². The van der Waals surface area contributed by atoms with E-state index < -0.39 is 0 Å². The highest BCUT2D eigenvalue weighted by atomic mass is 19.1. The van der Waals surface area contributed by atoms with Gasteiger partial charge in [0, 0.05) is 36.0 Å². The summed E-state index contributed by atoms with van der Waals surface area (Å²) in [4.78, 5) is 17.3. The van der Waals surface area contributed by atoms with Crippen LogP contribution in [0.1, 0.15) is 35.6 Å². The normalized spacial score (nSPS) is 16.6. The zero-order valence-electron chi connectivity index (χ0n) is 15.9. The maximum atomic E-state index is 13.3. The van der Waals surface area contributed by atoms with Gasteiger partial charge in [-0.05, 0) is 72.5 Å². The Hall–Kier alpha value is -3.34. The molecule has 2 aromatic carbocycles. The van der Waals surface area contributed by atoms with Crippen molar-refractivity contribution < 1.29 is 9.18 Å². The lowest BCUT2D eigenvalue weighted by Crippen LogP contribution is -2.15. The Morgan fingerprint density at radius 2 is 1.93 bits per heavy atom. The molecule has 0 saturated carbocycles. The molecule has 1 unspecified atom stereocenters. The number of carbonyl (C=O) groups excluding carboxylic acids is 1. The van der Waals surface area contributed by atoms with E-state index in [-0.39, 0.29) is 17.5 Å². The maximum Gasteiger partial charge on any atom is 0.140 e. The zero-order chi connectivity index (χ0) is 19.8. The number of nitrogens with zero attached hydrogens (tertiary/aromatic N) is 3. The first-order valence-corrected chi connectivity index (χ1v) is 9.88. The Bertz CT molecular complexity index is 1180. The molecular weight excluding hydrogens is 365 g/mol. The monoisotopic (exact) mass is 385 g/mol. The van der Waals surface area contributed by atoms with E-state index in [4.69, 9.17) is 0 Å². The number of hydrogen-bond acceptors (Lipinski definition) is 3. The molecule has 0 bridgehead atoms. The summed E-state index contributed by atoms with van der Waals surface area (Å²) in [6.45, 7) is 0. The Balaban J connectivity index is 1.60. The Labute approximate surface area is 168 Å². The lowest BCUT2D eigenvalue weighted by Gasteiger charge is -2.17. The van der Waals surface area contributed by atoms with E-state index in [1.165, 1.54) is 17.7 Å². The van der Waals surface area contributed by atoms with Gasteiger partial charge in [-0.3, -0.25) is 9.78 Å². The highest BCUT2D eigenvalue weighted by Crippen LogP contribution is 2.34. The summed E-state index contributed by atoms with van der Waals surface area (Å²) < 4.78 is 15.1. The molecule has 0 amide bonds. The van der Waals surface area contributed by atoms with Gasteiger partial charge in [-0.1, -0.05) is 6.07 Å². The first kappa shape index (κ1) is 17.7. The van der Waals surface area contributed by atoms with Crippen molar-refractivity contribution in [3.05, 3.63) is 89.6 Å². The van der Waals surface area contributed by atoms with Crippen molar-refractivity contribution in [2.24, 2.45) is 0 Å². The molecule has 2 heterocycles. The quantitative estimate of drug-likeness (QED) is 0.476. The fourth-order valence-electron chi connectivity index (χ4n) is 4.22. The van der Waals surface area contributed by atoms with Gasteiger partial charge >= 0.3 is 0 Å². The average Bonchev–Trinajstić information content (AvgIpc) is 3.09.